The number of fused-ring (bicyclic) bond motifs is 3. The molecule has 0 aliphatic heterocycles. The van der Waals surface area contributed by atoms with Gasteiger partial charge in [0.1, 0.15) is 10.6 Å². The first kappa shape index (κ1) is 19.9. The maximum atomic E-state index is 12.2. The van der Waals surface area contributed by atoms with E-state index in [0.29, 0.717) is 6.42 Å². The number of pyridine rings is 1. The Balaban J connectivity index is 2.13. The van der Waals surface area contributed by atoms with E-state index in [1.807, 2.05) is 32.9 Å². The molecule has 0 radical (unpaired) electrons. The van der Waals surface area contributed by atoms with Crippen molar-refractivity contribution < 1.29 is 15.0 Å². The topological polar surface area (TPSA) is 70.4 Å². The maximum Gasteiger partial charge on any atom is 0.311 e. The molecule has 1 unspecified atom stereocenters. The van der Waals surface area contributed by atoms with Crippen LogP contribution in [0.2, 0.25) is 0 Å². The number of phenolic OH excluding ortho intramolecular Hbond substituents is 1. The van der Waals surface area contributed by atoms with Gasteiger partial charge in [-0.05, 0) is 68.7 Å². The molecule has 0 amide bonds. The third-order valence-electron chi connectivity index (χ3n) is 5.98. The Bertz CT molecular complexity index is 1100. The number of carboxylic acids is 1. The zero-order valence-electron chi connectivity index (χ0n) is 17.2. The van der Waals surface area contributed by atoms with E-state index in [1.165, 1.54) is 16.9 Å². The van der Waals surface area contributed by atoms with Crippen LogP contribution in [0.1, 0.15) is 65.8 Å². The van der Waals surface area contributed by atoms with E-state index in [-0.39, 0.29) is 5.75 Å². The van der Waals surface area contributed by atoms with Gasteiger partial charge in [-0.15, -0.1) is 11.3 Å². The predicted octanol–water partition coefficient (Wildman–Crippen LogP) is 6.13. The summed E-state index contributed by atoms with van der Waals surface area (Å²) < 4.78 is 0. The Kier molecular flexibility index (Phi) is 5.34. The molecule has 0 saturated carbocycles. The van der Waals surface area contributed by atoms with Crippen molar-refractivity contribution in [2.45, 2.75) is 65.2 Å². The van der Waals surface area contributed by atoms with Gasteiger partial charge in [-0.3, -0.25) is 4.79 Å². The maximum absolute atomic E-state index is 12.2. The number of aryl methyl sites for hydroxylation is 4. The summed E-state index contributed by atoms with van der Waals surface area (Å²) in [6.07, 6.45) is 5.69. The smallest absolute Gasteiger partial charge is 0.311 e. The molecule has 1 atom stereocenters. The Morgan fingerprint density at radius 1 is 1.24 bits per heavy atom. The number of benzene rings is 1. The summed E-state index contributed by atoms with van der Waals surface area (Å²) in [7, 11) is 0. The molecule has 0 spiro atoms. The number of rotatable bonds is 5. The van der Waals surface area contributed by atoms with Crippen LogP contribution in [0.25, 0.3) is 21.3 Å². The van der Waals surface area contributed by atoms with E-state index >= 15 is 0 Å². The Morgan fingerprint density at radius 2 is 2.00 bits per heavy atom. The molecule has 1 aliphatic rings. The molecule has 0 saturated heterocycles. The van der Waals surface area contributed by atoms with Gasteiger partial charge in [0.2, 0.25) is 0 Å². The molecule has 2 heterocycles. The van der Waals surface area contributed by atoms with Gasteiger partial charge in [-0.25, -0.2) is 4.98 Å². The fourth-order valence-electron chi connectivity index (χ4n) is 4.66. The summed E-state index contributed by atoms with van der Waals surface area (Å²) in [5, 5.41) is 21.9. The molecule has 3 aromatic rings. The average Bonchev–Trinajstić information content (AvgIpc) is 3.03. The van der Waals surface area contributed by atoms with Crippen molar-refractivity contribution in [2.24, 2.45) is 0 Å². The fraction of sp³-hybridized carbons (Fsp3) is 0.417. The van der Waals surface area contributed by atoms with Gasteiger partial charge in [0.25, 0.3) is 0 Å². The van der Waals surface area contributed by atoms with E-state index < -0.39 is 11.9 Å². The minimum atomic E-state index is -0.826. The van der Waals surface area contributed by atoms with Gasteiger partial charge >= 0.3 is 5.97 Å². The summed E-state index contributed by atoms with van der Waals surface area (Å²) in [5.74, 6) is -1.26. The summed E-state index contributed by atoms with van der Waals surface area (Å²) in [5.41, 5.74) is 5.40. The second-order valence-electron chi connectivity index (χ2n) is 8.08. The fourth-order valence-corrected chi connectivity index (χ4v) is 5.97. The lowest BCUT2D eigenvalue weighted by molar-refractivity contribution is -0.139. The first-order valence-electron chi connectivity index (χ1n) is 10.4. The number of carboxylic acid groups (broad SMARTS) is 1. The molecule has 2 aromatic heterocycles. The molecule has 1 aliphatic carbocycles. The van der Waals surface area contributed by atoms with Gasteiger partial charge in [-0.1, -0.05) is 25.5 Å². The normalized spacial score (nSPS) is 14.7. The second-order valence-corrected chi connectivity index (χ2v) is 9.16. The van der Waals surface area contributed by atoms with Crippen molar-refractivity contribution in [2.75, 3.05) is 0 Å². The molecule has 5 heteroatoms. The van der Waals surface area contributed by atoms with Gasteiger partial charge in [0.05, 0.1) is 5.92 Å². The third kappa shape index (κ3) is 3.42. The van der Waals surface area contributed by atoms with Gasteiger partial charge in [0.15, 0.2) is 0 Å². The highest BCUT2D eigenvalue weighted by Gasteiger charge is 2.30. The zero-order chi connectivity index (χ0) is 20.7. The number of hydrogen-bond donors (Lipinski definition) is 2. The lowest BCUT2D eigenvalue weighted by atomic mass is 9.83. The summed E-state index contributed by atoms with van der Waals surface area (Å²) in [6, 6.07) is 5.67. The van der Waals surface area contributed by atoms with Gasteiger partial charge < -0.3 is 10.2 Å². The molecule has 0 fully saturated rings. The third-order valence-corrected chi connectivity index (χ3v) is 7.16. The number of nitrogens with zero attached hydrogens (tertiary/aromatic N) is 1. The molecule has 152 valence electrons. The number of hydrogen-bond acceptors (Lipinski definition) is 4. The SMILES string of the molecule is CCCC(C(=O)O)c1c(C)nc2sc3c(c2c1-c1ccc(C)cc1O)CCCC3. The van der Waals surface area contributed by atoms with Gasteiger partial charge in [0, 0.05) is 27.1 Å². The van der Waals surface area contributed by atoms with Crippen LogP contribution < -0.4 is 0 Å². The van der Waals surface area contributed by atoms with Crippen molar-refractivity contribution in [1.82, 2.24) is 4.98 Å². The largest absolute Gasteiger partial charge is 0.507 e. The quantitative estimate of drug-likeness (QED) is 0.531. The van der Waals surface area contributed by atoms with Crippen molar-refractivity contribution in [3.63, 3.8) is 0 Å². The number of aliphatic carboxylic acids is 1. The van der Waals surface area contributed by atoms with Crippen LogP contribution in [0.15, 0.2) is 18.2 Å². The van der Waals surface area contributed by atoms with Gasteiger partial charge in [-0.2, -0.15) is 0 Å². The van der Waals surface area contributed by atoms with E-state index in [4.69, 9.17) is 4.98 Å². The second kappa shape index (κ2) is 7.79. The van der Waals surface area contributed by atoms with Crippen LogP contribution >= 0.6 is 11.3 Å². The highest BCUT2D eigenvalue weighted by molar-refractivity contribution is 7.19. The summed E-state index contributed by atoms with van der Waals surface area (Å²) in [6.45, 7) is 5.86. The van der Waals surface area contributed by atoms with Crippen LogP contribution in [-0.2, 0) is 17.6 Å². The standard InChI is InChI=1S/C24H27NO3S/c1-4-7-17(24(27)28)20-14(3)25-23-22(16-8-5-6-9-19(16)29-23)21(20)15-11-10-13(2)12-18(15)26/h10-12,17,26H,4-9H2,1-3H3,(H,27,28). The Labute approximate surface area is 175 Å². The first-order chi connectivity index (χ1) is 13.9. The van der Waals surface area contributed by atoms with Crippen LogP contribution in [0.4, 0.5) is 0 Å². The van der Waals surface area contributed by atoms with Crippen molar-refractivity contribution in [3.05, 3.63) is 45.5 Å². The monoisotopic (exact) mass is 409 g/mol. The summed E-state index contributed by atoms with van der Waals surface area (Å²) in [4.78, 5) is 19.4. The van der Waals surface area contributed by atoms with E-state index in [0.717, 1.165) is 63.8 Å². The molecule has 1 aromatic carbocycles. The number of carbonyl (C=O) groups is 1. The van der Waals surface area contributed by atoms with Crippen LogP contribution in [0, 0.1) is 13.8 Å². The molecule has 4 nitrogen and oxygen atoms in total. The number of phenols is 1. The highest BCUT2D eigenvalue weighted by Crippen LogP contribution is 2.47. The number of aromatic hydroxyl groups is 1. The van der Waals surface area contributed by atoms with Crippen LogP contribution in [0.5, 0.6) is 5.75 Å². The lowest BCUT2D eigenvalue weighted by Gasteiger charge is -2.22. The number of aromatic nitrogens is 1. The first-order valence-corrected chi connectivity index (χ1v) is 11.2. The zero-order valence-corrected chi connectivity index (χ0v) is 18.0. The van der Waals surface area contributed by atoms with E-state index in [1.54, 1.807) is 17.4 Å². The average molecular weight is 410 g/mol. The van der Waals surface area contributed by atoms with Crippen molar-refractivity contribution in [1.29, 1.82) is 0 Å². The predicted molar refractivity (Wildman–Crippen MR) is 118 cm³/mol. The molecular weight excluding hydrogens is 382 g/mol. The number of thiophene rings is 1. The van der Waals surface area contributed by atoms with Crippen LogP contribution in [-0.4, -0.2) is 21.2 Å². The minimum Gasteiger partial charge on any atom is -0.507 e. The summed E-state index contributed by atoms with van der Waals surface area (Å²) >= 11 is 1.73. The Morgan fingerprint density at radius 3 is 2.69 bits per heavy atom. The minimum absolute atomic E-state index is 0.203. The molecule has 2 N–H and O–H groups in total. The molecule has 29 heavy (non-hydrogen) atoms. The molecule has 0 bridgehead atoms. The molecular formula is C24H27NO3S. The lowest BCUT2D eigenvalue weighted by Crippen LogP contribution is -2.15. The van der Waals surface area contributed by atoms with Crippen molar-refractivity contribution in [3.8, 4) is 16.9 Å². The Hall–Kier alpha value is -2.40. The van der Waals surface area contributed by atoms with E-state index in [2.05, 4.69) is 0 Å². The van der Waals surface area contributed by atoms with E-state index in [9.17, 15) is 15.0 Å². The molecule has 4 rings (SSSR count). The highest BCUT2D eigenvalue weighted by atomic mass is 32.1. The van der Waals surface area contributed by atoms with Crippen molar-refractivity contribution >= 4 is 27.5 Å². The van der Waals surface area contributed by atoms with Crippen LogP contribution in [0.3, 0.4) is 0 Å².